The summed E-state index contributed by atoms with van der Waals surface area (Å²) < 4.78 is 5.12. The highest BCUT2D eigenvalue weighted by Crippen LogP contribution is 2.11. The SMILES string of the molecule is CCCC(C)NC(=O)C(C)NCc1ccc(OC)cc1. The van der Waals surface area contributed by atoms with Crippen LogP contribution in [0.25, 0.3) is 0 Å². The summed E-state index contributed by atoms with van der Waals surface area (Å²) in [4.78, 5) is 12.0. The Bertz CT molecular complexity index is 403. The van der Waals surface area contributed by atoms with Gasteiger partial charge in [-0.05, 0) is 38.0 Å². The van der Waals surface area contributed by atoms with Gasteiger partial charge in [-0.25, -0.2) is 0 Å². The van der Waals surface area contributed by atoms with Crippen molar-refractivity contribution in [3.05, 3.63) is 29.8 Å². The van der Waals surface area contributed by atoms with Gasteiger partial charge in [0.1, 0.15) is 5.75 Å². The number of ether oxygens (including phenoxy) is 1. The third kappa shape index (κ3) is 5.61. The minimum absolute atomic E-state index is 0.0551. The van der Waals surface area contributed by atoms with Gasteiger partial charge in [0.05, 0.1) is 13.2 Å². The third-order valence-electron chi connectivity index (χ3n) is 3.28. The molecule has 1 aromatic carbocycles. The first kappa shape index (κ1) is 16.5. The zero-order valence-corrected chi connectivity index (χ0v) is 12.9. The highest BCUT2D eigenvalue weighted by molar-refractivity contribution is 5.81. The summed E-state index contributed by atoms with van der Waals surface area (Å²) in [5.74, 6) is 0.896. The first-order chi connectivity index (χ1) is 9.56. The van der Waals surface area contributed by atoms with E-state index in [4.69, 9.17) is 4.74 Å². The molecular weight excluding hydrogens is 252 g/mol. The van der Waals surface area contributed by atoms with E-state index in [9.17, 15) is 4.79 Å². The lowest BCUT2D eigenvalue weighted by molar-refractivity contribution is -0.123. The molecule has 4 nitrogen and oxygen atoms in total. The summed E-state index contributed by atoms with van der Waals surface area (Å²) >= 11 is 0. The number of amides is 1. The highest BCUT2D eigenvalue weighted by Gasteiger charge is 2.14. The highest BCUT2D eigenvalue weighted by atomic mass is 16.5. The van der Waals surface area contributed by atoms with Crippen molar-refractivity contribution in [3.8, 4) is 5.75 Å². The molecule has 0 bridgehead atoms. The Hall–Kier alpha value is -1.55. The number of nitrogens with one attached hydrogen (secondary N) is 2. The Morgan fingerprint density at radius 1 is 1.25 bits per heavy atom. The molecule has 1 rings (SSSR count). The number of carbonyl (C=O) groups excluding carboxylic acids is 1. The molecule has 0 aliphatic carbocycles. The van der Waals surface area contributed by atoms with Crippen LogP contribution >= 0.6 is 0 Å². The lowest BCUT2D eigenvalue weighted by Gasteiger charge is -2.18. The zero-order valence-electron chi connectivity index (χ0n) is 12.9. The molecule has 20 heavy (non-hydrogen) atoms. The quantitative estimate of drug-likeness (QED) is 0.768. The molecule has 1 aromatic rings. The van der Waals surface area contributed by atoms with Gasteiger partial charge in [0, 0.05) is 12.6 Å². The van der Waals surface area contributed by atoms with E-state index >= 15 is 0 Å². The Labute approximate surface area is 121 Å². The van der Waals surface area contributed by atoms with E-state index in [0.717, 1.165) is 24.2 Å². The molecule has 0 aliphatic rings. The van der Waals surface area contributed by atoms with Gasteiger partial charge in [-0.15, -0.1) is 0 Å². The summed E-state index contributed by atoms with van der Waals surface area (Å²) in [7, 11) is 1.65. The molecule has 0 aromatic heterocycles. The second-order valence-electron chi connectivity index (χ2n) is 5.15. The predicted octanol–water partition coefficient (Wildman–Crippen LogP) is 2.48. The number of carbonyl (C=O) groups is 1. The van der Waals surface area contributed by atoms with E-state index in [1.165, 1.54) is 0 Å². The van der Waals surface area contributed by atoms with Crippen molar-refractivity contribution in [2.45, 2.75) is 52.2 Å². The van der Waals surface area contributed by atoms with Crippen molar-refractivity contribution in [1.29, 1.82) is 0 Å². The minimum atomic E-state index is -0.198. The average molecular weight is 278 g/mol. The van der Waals surface area contributed by atoms with E-state index in [0.29, 0.717) is 6.54 Å². The van der Waals surface area contributed by atoms with Crippen molar-refractivity contribution in [3.63, 3.8) is 0 Å². The van der Waals surface area contributed by atoms with Crippen LogP contribution in [-0.4, -0.2) is 25.1 Å². The average Bonchev–Trinajstić information content (AvgIpc) is 2.45. The van der Waals surface area contributed by atoms with Crippen LogP contribution in [0.4, 0.5) is 0 Å². The van der Waals surface area contributed by atoms with Crippen molar-refractivity contribution in [2.24, 2.45) is 0 Å². The molecule has 0 fully saturated rings. The van der Waals surface area contributed by atoms with Gasteiger partial charge in [-0.3, -0.25) is 4.79 Å². The summed E-state index contributed by atoms with van der Waals surface area (Å²) in [6, 6.07) is 7.87. The number of hydrogen-bond donors (Lipinski definition) is 2. The molecule has 2 N–H and O–H groups in total. The monoisotopic (exact) mass is 278 g/mol. The molecule has 2 atom stereocenters. The Kier molecular flexibility index (Phi) is 7.09. The van der Waals surface area contributed by atoms with Crippen LogP contribution in [0.1, 0.15) is 39.2 Å². The molecular formula is C16H26N2O2. The third-order valence-corrected chi connectivity index (χ3v) is 3.28. The van der Waals surface area contributed by atoms with Gasteiger partial charge in [0.2, 0.25) is 5.91 Å². The maximum absolute atomic E-state index is 12.0. The predicted molar refractivity (Wildman–Crippen MR) is 81.8 cm³/mol. The van der Waals surface area contributed by atoms with Crippen LogP contribution in [0.15, 0.2) is 24.3 Å². The topological polar surface area (TPSA) is 50.4 Å². The molecule has 4 heteroatoms. The molecule has 0 heterocycles. The standard InChI is InChI=1S/C16H26N2O2/c1-5-6-12(2)18-16(19)13(3)17-11-14-7-9-15(20-4)10-8-14/h7-10,12-13,17H,5-6,11H2,1-4H3,(H,18,19). The lowest BCUT2D eigenvalue weighted by atomic mass is 10.1. The largest absolute Gasteiger partial charge is 0.497 e. The fourth-order valence-electron chi connectivity index (χ4n) is 1.98. The van der Waals surface area contributed by atoms with Gasteiger partial charge < -0.3 is 15.4 Å². The minimum Gasteiger partial charge on any atom is -0.497 e. The normalized spacial score (nSPS) is 13.6. The molecule has 0 radical (unpaired) electrons. The van der Waals surface area contributed by atoms with Gasteiger partial charge in [0.25, 0.3) is 0 Å². The van der Waals surface area contributed by atoms with Gasteiger partial charge >= 0.3 is 0 Å². The van der Waals surface area contributed by atoms with Crippen molar-refractivity contribution >= 4 is 5.91 Å². The van der Waals surface area contributed by atoms with Crippen LogP contribution in [0.2, 0.25) is 0 Å². The van der Waals surface area contributed by atoms with E-state index in [-0.39, 0.29) is 18.0 Å². The summed E-state index contributed by atoms with van der Waals surface area (Å²) in [6.45, 7) is 6.71. The molecule has 0 aliphatic heterocycles. The second-order valence-corrected chi connectivity index (χ2v) is 5.15. The van der Waals surface area contributed by atoms with Crippen molar-refractivity contribution in [2.75, 3.05) is 7.11 Å². The van der Waals surface area contributed by atoms with Crippen molar-refractivity contribution < 1.29 is 9.53 Å². The van der Waals surface area contributed by atoms with Crippen molar-refractivity contribution in [1.82, 2.24) is 10.6 Å². The van der Waals surface area contributed by atoms with Crippen LogP contribution in [0, 0.1) is 0 Å². The maximum atomic E-state index is 12.0. The van der Waals surface area contributed by atoms with Crippen LogP contribution in [0.3, 0.4) is 0 Å². The van der Waals surface area contributed by atoms with E-state index in [2.05, 4.69) is 17.6 Å². The molecule has 0 spiro atoms. The summed E-state index contributed by atoms with van der Waals surface area (Å²) in [5, 5.41) is 6.24. The fourth-order valence-corrected chi connectivity index (χ4v) is 1.98. The van der Waals surface area contributed by atoms with E-state index < -0.39 is 0 Å². The van der Waals surface area contributed by atoms with E-state index in [1.807, 2.05) is 38.1 Å². The first-order valence-corrected chi connectivity index (χ1v) is 7.23. The Balaban J connectivity index is 2.37. The Morgan fingerprint density at radius 2 is 1.90 bits per heavy atom. The lowest BCUT2D eigenvalue weighted by Crippen LogP contribution is -2.45. The molecule has 0 saturated carbocycles. The smallest absolute Gasteiger partial charge is 0.237 e. The molecule has 1 amide bonds. The number of rotatable bonds is 8. The number of hydrogen-bond acceptors (Lipinski definition) is 3. The number of benzene rings is 1. The fraction of sp³-hybridized carbons (Fsp3) is 0.562. The van der Waals surface area contributed by atoms with Gasteiger partial charge in [-0.1, -0.05) is 25.5 Å². The molecule has 2 unspecified atom stereocenters. The Morgan fingerprint density at radius 3 is 2.45 bits per heavy atom. The first-order valence-electron chi connectivity index (χ1n) is 7.23. The molecule has 0 saturated heterocycles. The van der Waals surface area contributed by atoms with Gasteiger partial charge in [0.15, 0.2) is 0 Å². The van der Waals surface area contributed by atoms with Gasteiger partial charge in [-0.2, -0.15) is 0 Å². The summed E-state index contributed by atoms with van der Waals surface area (Å²) in [6.07, 6.45) is 2.09. The van der Waals surface area contributed by atoms with Crippen LogP contribution in [0.5, 0.6) is 5.75 Å². The van der Waals surface area contributed by atoms with E-state index in [1.54, 1.807) is 7.11 Å². The second kappa shape index (κ2) is 8.59. The van der Waals surface area contributed by atoms with Crippen LogP contribution < -0.4 is 15.4 Å². The maximum Gasteiger partial charge on any atom is 0.237 e. The van der Waals surface area contributed by atoms with Crippen LogP contribution in [-0.2, 0) is 11.3 Å². The molecule has 112 valence electrons. The number of methoxy groups -OCH3 is 1. The summed E-state index contributed by atoms with van der Waals surface area (Å²) in [5.41, 5.74) is 1.13. The zero-order chi connectivity index (χ0) is 15.0.